The van der Waals surface area contributed by atoms with Gasteiger partial charge in [-0.1, -0.05) is 19.4 Å². The summed E-state index contributed by atoms with van der Waals surface area (Å²) in [6.45, 7) is 5.36. The molecule has 0 atom stereocenters. The Morgan fingerprint density at radius 2 is 2.15 bits per heavy atom. The minimum Gasteiger partial charge on any atom is -0.384 e. The Bertz CT molecular complexity index is 271. The molecule has 0 aliphatic rings. The summed E-state index contributed by atoms with van der Waals surface area (Å²) in [5, 5.41) is 3.41. The molecule has 0 radical (unpaired) electrons. The molecule has 1 nitrogen and oxygen atoms in total. The minimum atomic E-state index is 1.05. The maximum Gasteiger partial charge on any atom is 0.0487 e. The molecule has 0 saturated carbocycles. The van der Waals surface area contributed by atoms with Crippen LogP contribution in [-0.2, 0) is 0 Å². The van der Waals surface area contributed by atoms with Crippen LogP contribution in [0.1, 0.15) is 25.3 Å². The average Bonchev–Trinajstić information content (AvgIpc) is 2.11. The quantitative estimate of drug-likeness (QED) is 0.787. The summed E-state index contributed by atoms with van der Waals surface area (Å²) in [4.78, 5) is 0. The summed E-state index contributed by atoms with van der Waals surface area (Å²) in [6, 6.07) is 6.36. The molecule has 0 aromatic heterocycles. The van der Waals surface area contributed by atoms with Crippen molar-refractivity contribution in [1.82, 2.24) is 0 Å². The molecular formula is C11H16BrN. The summed E-state index contributed by atoms with van der Waals surface area (Å²) in [5.41, 5.74) is 2.50. The summed E-state index contributed by atoms with van der Waals surface area (Å²) in [5.74, 6) is 0. The number of unbranched alkanes of at least 4 members (excludes halogenated alkanes) is 1. The van der Waals surface area contributed by atoms with Crippen LogP contribution in [0.2, 0.25) is 0 Å². The zero-order valence-corrected chi connectivity index (χ0v) is 9.82. The number of hydrogen-bond acceptors (Lipinski definition) is 1. The fourth-order valence-corrected chi connectivity index (χ4v) is 1.56. The molecule has 2 heteroatoms. The lowest BCUT2D eigenvalue weighted by Crippen LogP contribution is -2.01. The van der Waals surface area contributed by atoms with E-state index in [9.17, 15) is 0 Å². The highest BCUT2D eigenvalue weighted by Gasteiger charge is 1.97. The van der Waals surface area contributed by atoms with Crippen LogP contribution < -0.4 is 5.32 Å². The predicted molar refractivity (Wildman–Crippen MR) is 62.3 cm³/mol. The zero-order chi connectivity index (χ0) is 9.68. The Labute approximate surface area is 88.7 Å². The van der Waals surface area contributed by atoms with E-state index in [-0.39, 0.29) is 0 Å². The molecule has 0 fully saturated rings. The first-order chi connectivity index (χ1) is 6.24. The fourth-order valence-electron chi connectivity index (χ4n) is 1.17. The van der Waals surface area contributed by atoms with Gasteiger partial charge in [0.1, 0.15) is 0 Å². The summed E-state index contributed by atoms with van der Waals surface area (Å²) in [7, 11) is 0. The second-order valence-corrected chi connectivity index (χ2v) is 4.12. The third kappa shape index (κ3) is 3.39. The van der Waals surface area contributed by atoms with Crippen LogP contribution >= 0.6 is 15.9 Å². The van der Waals surface area contributed by atoms with E-state index < -0.39 is 0 Å². The average molecular weight is 242 g/mol. The van der Waals surface area contributed by atoms with Crippen LogP contribution in [0.5, 0.6) is 0 Å². The SMILES string of the molecule is CCCCNc1cc(C)ccc1Br. The van der Waals surface area contributed by atoms with Gasteiger partial charge in [0.05, 0.1) is 0 Å². The van der Waals surface area contributed by atoms with Crippen LogP contribution in [0.3, 0.4) is 0 Å². The Kier molecular flexibility index (Phi) is 4.29. The van der Waals surface area contributed by atoms with E-state index in [1.165, 1.54) is 24.1 Å². The first kappa shape index (κ1) is 10.6. The van der Waals surface area contributed by atoms with Gasteiger partial charge in [-0.25, -0.2) is 0 Å². The zero-order valence-electron chi connectivity index (χ0n) is 8.23. The van der Waals surface area contributed by atoms with E-state index in [1.54, 1.807) is 0 Å². The van der Waals surface area contributed by atoms with Crippen molar-refractivity contribution in [1.29, 1.82) is 0 Å². The van der Waals surface area contributed by atoms with Gasteiger partial charge in [-0.15, -0.1) is 0 Å². The van der Waals surface area contributed by atoms with E-state index in [4.69, 9.17) is 0 Å². The van der Waals surface area contributed by atoms with E-state index in [1.807, 2.05) is 0 Å². The predicted octanol–water partition coefficient (Wildman–Crippen LogP) is 3.97. The van der Waals surface area contributed by atoms with E-state index >= 15 is 0 Å². The molecule has 0 bridgehead atoms. The van der Waals surface area contributed by atoms with Crippen molar-refractivity contribution >= 4 is 21.6 Å². The molecule has 0 amide bonds. The Morgan fingerprint density at radius 1 is 1.38 bits per heavy atom. The molecule has 1 aromatic rings. The molecule has 0 heterocycles. The molecule has 1 N–H and O–H groups in total. The Balaban J connectivity index is 2.59. The van der Waals surface area contributed by atoms with Gasteiger partial charge in [0.2, 0.25) is 0 Å². The second kappa shape index (κ2) is 5.28. The summed E-state index contributed by atoms with van der Waals surface area (Å²) >= 11 is 3.52. The molecule has 1 aromatic carbocycles. The van der Waals surface area contributed by atoms with Crippen LogP contribution in [0.4, 0.5) is 5.69 Å². The molecule has 0 aliphatic heterocycles. The Morgan fingerprint density at radius 3 is 2.85 bits per heavy atom. The van der Waals surface area contributed by atoms with Crippen molar-refractivity contribution in [2.45, 2.75) is 26.7 Å². The lowest BCUT2D eigenvalue weighted by atomic mass is 10.2. The maximum atomic E-state index is 3.52. The van der Waals surface area contributed by atoms with Gasteiger partial charge in [0, 0.05) is 16.7 Å². The van der Waals surface area contributed by atoms with Crippen LogP contribution in [0, 0.1) is 6.92 Å². The van der Waals surface area contributed by atoms with Crippen LogP contribution in [0.25, 0.3) is 0 Å². The third-order valence-electron chi connectivity index (χ3n) is 1.97. The lowest BCUT2D eigenvalue weighted by Gasteiger charge is -2.08. The van der Waals surface area contributed by atoms with Crippen LogP contribution in [-0.4, -0.2) is 6.54 Å². The highest BCUT2D eigenvalue weighted by atomic mass is 79.9. The smallest absolute Gasteiger partial charge is 0.0487 e. The second-order valence-electron chi connectivity index (χ2n) is 3.26. The topological polar surface area (TPSA) is 12.0 Å². The van der Waals surface area contributed by atoms with Crippen molar-refractivity contribution in [3.8, 4) is 0 Å². The number of aryl methyl sites for hydroxylation is 1. The van der Waals surface area contributed by atoms with E-state index in [0.717, 1.165) is 11.0 Å². The molecule has 72 valence electrons. The van der Waals surface area contributed by atoms with Crippen molar-refractivity contribution < 1.29 is 0 Å². The molecule has 0 spiro atoms. The van der Waals surface area contributed by atoms with E-state index in [2.05, 4.69) is 53.3 Å². The van der Waals surface area contributed by atoms with Gasteiger partial charge in [-0.2, -0.15) is 0 Å². The standard InChI is InChI=1S/C11H16BrN/c1-3-4-7-13-11-8-9(2)5-6-10(11)12/h5-6,8,13H,3-4,7H2,1-2H3. The largest absolute Gasteiger partial charge is 0.384 e. The number of rotatable bonds is 4. The number of nitrogens with one attached hydrogen (secondary N) is 1. The first-order valence-electron chi connectivity index (χ1n) is 4.74. The van der Waals surface area contributed by atoms with Gasteiger partial charge in [-0.05, 0) is 47.0 Å². The Hall–Kier alpha value is -0.500. The van der Waals surface area contributed by atoms with Gasteiger partial charge >= 0.3 is 0 Å². The molecule has 13 heavy (non-hydrogen) atoms. The minimum absolute atomic E-state index is 1.05. The van der Waals surface area contributed by atoms with Gasteiger partial charge in [0.25, 0.3) is 0 Å². The lowest BCUT2D eigenvalue weighted by molar-refractivity contribution is 0.834. The number of benzene rings is 1. The summed E-state index contributed by atoms with van der Waals surface area (Å²) < 4.78 is 1.15. The van der Waals surface area contributed by atoms with Crippen LogP contribution in [0.15, 0.2) is 22.7 Å². The fraction of sp³-hybridized carbons (Fsp3) is 0.455. The normalized spacial score (nSPS) is 10.1. The first-order valence-corrected chi connectivity index (χ1v) is 5.53. The van der Waals surface area contributed by atoms with Gasteiger partial charge < -0.3 is 5.32 Å². The van der Waals surface area contributed by atoms with Crippen molar-refractivity contribution in [2.24, 2.45) is 0 Å². The molecular weight excluding hydrogens is 226 g/mol. The molecule has 0 unspecified atom stereocenters. The maximum absolute atomic E-state index is 3.52. The molecule has 0 aliphatic carbocycles. The molecule has 1 rings (SSSR count). The molecule has 0 saturated heterocycles. The van der Waals surface area contributed by atoms with Crippen molar-refractivity contribution in [3.63, 3.8) is 0 Å². The van der Waals surface area contributed by atoms with Crippen molar-refractivity contribution in [2.75, 3.05) is 11.9 Å². The van der Waals surface area contributed by atoms with Crippen molar-refractivity contribution in [3.05, 3.63) is 28.2 Å². The third-order valence-corrected chi connectivity index (χ3v) is 2.66. The number of hydrogen-bond donors (Lipinski definition) is 1. The summed E-state index contributed by atoms with van der Waals surface area (Å²) in [6.07, 6.45) is 2.46. The number of anilines is 1. The number of halogens is 1. The van der Waals surface area contributed by atoms with Gasteiger partial charge in [-0.3, -0.25) is 0 Å². The highest BCUT2D eigenvalue weighted by molar-refractivity contribution is 9.10. The van der Waals surface area contributed by atoms with Gasteiger partial charge in [0.15, 0.2) is 0 Å². The highest BCUT2D eigenvalue weighted by Crippen LogP contribution is 2.23. The van der Waals surface area contributed by atoms with E-state index in [0.29, 0.717) is 0 Å². The monoisotopic (exact) mass is 241 g/mol.